The minimum Gasteiger partial charge on any atom is -0.349 e. The fourth-order valence-corrected chi connectivity index (χ4v) is 1.49. The van der Waals surface area contributed by atoms with Gasteiger partial charge in [0.2, 0.25) is 0 Å². The van der Waals surface area contributed by atoms with Gasteiger partial charge in [0.05, 0.1) is 10.6 Å². The summed E-state index contributed by atoms with van der Waals surface area (Å²) < 4.78 is 0. The summed E-state index contributed by atoms with van der Waals surface area (Å²) >= 11 is 1.56. The van der Waals surface area contributed by atoms with E-state index in [-0.39, 0.29) is 17.4 Å². The van der Waals surface area contributed by atoms with E-state index in [0.29, 0.717) is 5.56 Å². The zero-order valence-corrected chi connectivity index (χ0v) is 11.9. The Morgan fingerprint density at radius 2 is 2.06 bits per heavy atom. The molecule has 0 fully saturated rings. The summed E-state index contributed by atoms with van der Waals surface area (Å²) in [4.78, 5) is 16.1. The SMILES string of the molecule is CSc1ccc(C(=O)NC(C)C(C)(C)C)cn1. The van der Waals surface area contributed by atoms with Crippen LogP contribution in [0.15, 0.2) is 23.4 Å². The fraction of sp³-hybridized carbons (Fsp3) is 0.538. The molecule has 1 rings (SSSR count). The average Bonchev–Trinajstić information content (AvgIpc) is 2.27. The van der Waals surface area contributed by atoms with Crippen LogP contribution in [0.4, 0.5) is 0 Å². The number of carbonyl (C=O) groups excluding carboxylic acids is 1. The molecule has 1 heterocycles. The lowest BCUT2D eigenvalue weighted by Crippen LogP contribution is -2.41. The van der Waals surface area contributed by atoms with Crippen LogP contribution in [0.25, 0.3) is 0 Å². The van der Waals surface area contributed by atoms with E-state index >= 15 is 0 Å². The van der Waals surface area contributed by atoms with Crippen LogP contribution in [0.1, 0.15) is 38.1 Å². The molecule has 1 aromatic rings. The molecule has 0 radical (unpaired) electrons. The maximum absolute atomic E-state index is 11.9. The van der Waals surface area contributed by atoms with Crippen molar-refractivity contribution in [3.63, 3.8) is 0 Å². The molecule has 94 valence electrons. The van der Waals surface area contributed by atoms with Crippen LogP contribution in [0.2, 0.25) is 0 Å². The first-order valence-corrected chi connectivity index (χ1v) is 6.88. The summed E-state index contributed by atoms with van der Waals surface area (Å²) in [7, 11) is 0. The number of hydrogen-bond acceptors (Lipinski definition) is 3. The molecule has 0 aliphatic heterocycles. The molecule has 0 saturated carbocycles. The Bertz CT molecular complexity index is 381. The molecule has 0 saturated heterocycles. The second-order valence-corrected chi connectivity index (χ2v) is 5.98. The number of pyridine rings is 1. The number of hydrogen-bond donors (Lipinski definition) is 1. The van der Waals surface area contributed by atoms with Crippen molar-refractivity contribution < 1.29 is 4.79 Å². The number of nitrogens with one attached hydrogen (secondary N) is 1. The summed E-state index contributed by atoms with van der Waals surface area (Å²) in [6.07, 6.45) is 3.58. The number of aromatic nitrogens is 1. The van der Waals surface area contributed by atoms with E-state index in [9.17, 15) is 4.79 Å². The third-order valence-corrected chi connectivity index (χ3v) is 3.51. The summed E-state index contributed by atoms with van der Waals surface area (Å²) in [6.45, 7) is 8.33. The third-order valence-electron chi connectivity index (χ3n) is 2.85. The molecule has 0 aliphatic carbocycles. The number of amides is 1. The summed E-state index contributed by atoms with van der Waals surface area (Å²) in [6, 6.07) is 3.79. The van der Waals surface area contributed by atoms with E-state index in [1.54, 1.807) is 18.0 Å². The molecule has 17 heavy (non-hydrogen) atoms. The molecule has 0 aromatic carbocycles. The lowest BCUT2D eigenvalue weighted by Gasteiger charge is -2.28. The van der Waals surface area contributed by atoms with Gasteiger partial charge in [0.25, 0.3) is 5.91 Å². The Morgan fingerprint density at radius 3 is 2.47 bits per heavy atom. The maximum Gasteiger partial charge on any atom is 0.253 e. The molecule has 1 N–H and O–H groups in total. The minimum absolute atomic E-state index is 0.0578. The van der Waals surface area contributed by atoms with Crippen LogP contribution in [0.5, 0.6) is 0 Å². The van der Waals surface area contributed by atoms with Gasteiger partial charge in [0, 0.05) is 12.2 Å². The third kappa shape index (κ3) is 4.04. The van der Waals surface area contributed by atoms with E-state index in [1.807, 2.05) is 25.3 Å². The van der Waals surface area contributed by atoms with Crippen LogP contribution in [0, 0.1) is 5.41 Å². The minimum atomic E-state index is -0.0624. The Kier molecular flexibility index (Phi) is 4.57. The molecular formula is C13H20N2OS. The number of carbonyl (C=O) groups is 1. The Labute approximate surface area is 107 Å². The first-order valence-electron chi connectivity index (χ1n) is 5.65. The number of nitrogens with zero attached hydrogens (tertiary/aromatic N) is 1. The highest BCUT2D eigenvalue weighted by Crippen LogP contribution is 2.19. The van der Waals surface area contributed by atoms with Gasteiger partial charge in [0.15, 0.2) is 0 Å². The maximum atomic E-state index is 11.9. The second-order valence-electron chi connectivity index (χ2n) is 5.15. The highest BCUT2D eigenvalue weighted by atomic mass is 32.2. The van der Waals surface area contributed by atoms with E-state index in [1.165, 1.54) is 0 Å². The van der Waals surface area contributed by atoms with Gasteiger partial charge in [-0.3, -0.25) is 4.79 Å². The Hall–Kier alpha value is -1.03. The van der Waals surface area contributed by atoms with Crippen LogP contribution in [0.3, 0.4) is 0 Å². The largest absolute Gasteiger partial charge is 0.349 e. The highest BCUT2D eigenvalue weighted by Gasteiger charge is 2.22. The van der Waals surface area contributed by atoms with Gasteiger partial charge in [-0.2, -0.15) is 0 Å². The van der Waals surface area contributed by atoms with Gasteiger partial charge in [-0.05, 0) is 30.7 Å². The normalized spacial score (nSPS) is 13.2. The molecule has 0 spiro atoms. The van der Waals surface area contributed by atoms with E-state index in [2.05, 4.69) is 31.1 Å². The van der Waals surface area contributed by atoms with Crippen molar-refractivity contribution in [3.05, 3.63) is 23.9 Å². The number of rotatable bonds is 3. The van der Waals surface area contributed by atoms with Gasteiger partial charge < -0.3 is 5.32 Å². The molecule has 0 bridgehead atoms. The first kappa shape index (κ1) is 14.0. The predicted molar refractivity (Wildman–Crippen MR) is 72.4 cm³/mol. The van der Waals surface area contributed by atoms with Gasteiger partial charge in [-0.1, -0.05) is 20.8 Å². The van der Waals surface area contributed by atoms with Crippen molar-refractivity contribution in [1.82, 2.24) is 10.3 Å². The smallest absolute Gasteiger partial charge is 0.253 e. The lowest BCUT2D eigenvalue weighted by molar-refractivity contribution is 0.0909. The van der Waals surface area contributed by atoms with Gasteiger partial charge >= 0.3 is 0 Å². The number of thioether (sulfide) groups is 1. The van der Waals surface area contributed by atoms with Crippen molar-refractivity contribution in [2.45, 2.75) is 38.8 Å². The average molecular weight is 252 g/mol. The molecule has 1 atom stereocenters. The molecule has 1 amide bonds. The summed E-state index contributed by atoms with van der Waals surface area (Å²) in [5.74, 6) is -0.0624. The van der Waals surface area contributed by atoms with E-state index in [0.717, 1.165) is 5.03 Å². The standard InChI is InChI=1S/C13H20N2OS/c1-9(13(2,3)4)15-12(16)10-6-7-11(17-5)14-8-10/h6-9H,1-5H3,(H,15,16). The Balaban J connectivity index is 2.70. The second kappa shape index (κ2) is 5.54. The molecule has 0 aliphatic rings. The highest BCUT2D eigenvalue weighted by molar-refractivity contribution is 7.98. The first-order chi connectivity index (χ1) is 7.84. The lowest BCUT2D eigenvalue weighted by atomic mass is 9.88. The Morgan fingerprint density at radius 1 is 1.41 bits per heavy atom. The summed E-state index contributed by atoms with van der Waals surface area (Å²) in [5, 5.41) is 3.91. The van der Waals surface area contributed by atoms with Crippen LogP contribution >= 0.6 is 11.8 Å². The van der Waals surface area contributed by atoms with Gasteiger partial charge in [-0.15, -0.1) is 11.8 Å². The van der Waals surface area contributed by atoms with Crippen LogP contribution in [-0.2, 0) is 0 Å². The van der Waals surface area contributed by atoms with Gasteiger partial charge in [-0.25, -0.2) is 4.98 Å². The van der Waals surface area contributed by atoms with Crippen LogP contribution < -0.4 is 5.32 Å². The predicted octanol–water partition coefficient (Wildman–Crippen LogP) is 2.97. The topological polar surface area (TPSA) is 42.0 Å². The monoisotopic (exact) mass is 252 g/mol. The molecule has 1 unspecified atom stereocenters. The van der Waals surface area contributed by atoms with Crippen molar-refractivity contribution in [2.24, 2.45) is 5.41 Å². The molecule has 4 heteroatoms. The molecular weight excluding hydrogens is 232 g/mol. The van der Waals surface area contributed by atoms with Crippen molar-refractivity contribution >= 4 is 17.7 Å². The zero-order valence-electron chi connectivity index (χ0n) is 11.1. The molecule has 1 aromatic heterocycles. The fourth-order valence-electron chi connectivity index (χ4n) is 1.13. The van der Waals surface area contributed by atoms with Crippen LogP contribution in [-0.4, -0.2) is 23.2 Å². The molecule has 3 nitrogen and oxygen atoms in total. The van der Waals surface area contributed by atoms with Gasteiger partial charge in [0.1, 0.15) is 0 Å². The zero-order chi connectivity index (χ0) is 13.1. The van der Waals surface area contributed by atoms with E-state index in [4.69, 9.17) is 0 Å². The summed E-state index contributed by atoms with van der Waals surface area (Å²) in [5.41, 5.74) is 0.668. The van der Waals surface area contributed by atoms with Crippen molar-refractivity contribution in [3.8, 4) is 0 Å². The quantitative estimate of drug-likeness (QED) is 0.841. The van der Waals surface area contributed by atoms with E-state index < -0.39 is 0 Å². The van der Waals surface area contributed by atoms with Crippen molar-refractivity contribution in [2.75, 3.05) is 6.26 Å². The van der Waals surface area contributed by atoms with Crippen molar-refractivity contribution in [1.29, 1.82) is 0 Å².